The summed E-state index contributed by atoms with van der Waals surface area (Å²) in [5.74, 6) is -1.40. The number of nitrogens with one attached hydrogen (secondary N) is 1. The van der Waals surface area contributed by atoms with Crippen molar-refractivity contribution in [2.45, 2.75) is 18.4 Å². The standard InChI is InChI=1S/C20H25N5O5S2/c1-5-25-18(26)17(31-19(25)16(12-21)20(27)28)13-22-14-6-8-15(9-7-14)32(29,30)24(4)11-10-23(2)3/h6-9,13,22H,5,10-11H2,1-4H3,(H,27,28)/b17-13+,19-16-. The second kappa shape index (κ2) is 10.6. The van der Waals surface area contributed by atoms with Gasteiger partial charge in [0, 0.05) is 38.6 Å². The van der Waals surface area contributed by atoms with Crippen LogP contribution < -0.4 is 20.1 Å². The van der Waals surface area contributed by atoms with Crippen molar-refractivity contribution in [3.05, 3.63) is 43.8 Å². The zero-order chi connectivity index (χ0) is 24.1. The first-order valence-corrected chi connectivity index (χ1v) is 11.8. The van der Waals surface area contributed by atoms with Crippen LogP contribution in [0.2, 0.25) is 0 Å². The van der Waals surface area contributed by atoms with Crippen molar-refractivity contribution < 1.29 is 18.3 Å². The van der Waals surface area contributed by atoms with Crippen LogP contribution in [0.25, 0.3) is 11.8 Å². The zero-order valence-corrected chi connectivity index (χ0v) is 19.8. The van der Waals surface area contributed by atoms with Crippen molar-refractivity contribution in [2.75, 3.05) is 39.5 Å². The van der Waals surface area contributed by atoms with E-state index in [-0.39, 0.29) is 20.6 Å². The fraction of sp³-hybridized carbons (Fsp3) is 0.350. The number of nitriles is 1. The largest absolute Gasteiger partial charge is 0.477 e. The van der Waals surface area contributed by atoms with Crippen LogP contribution >= 0.6 is 11.3 Å². The number of sulfonamides is 1. The molecule has 2 rings (SSSR count). The van der Waals surface area contributed by atoms with Gasteiger partial charge in [0.2, 0.25) is 10.0 Å². The van der Waals surface area contributed by atoms with E-state index in [1.807, 2.05) is 19.0 Å². The Hall–Kier alpha value is -2.98. The Morgan fingerprint density at radius 3 is 2.38 bits per heavy atom. The molecule has 0 spiro atoms. The smallest absolute Gasteiger partial charge is 0.349 e. The molecule has 0 fully saturated rings. The molecule has 1 aromatic carbocycles. The van der Waals surface area contributed by atoms with Crippen LogP contribution in [0.15, 0.2) is 34.0 Å². The number of aromatic nitrogens is 1. The van der Waals surface area contributed by atoms with Gasteiger partial charge in [0.1, 0.15) is 15.3 Å². The molecule has 0 aliphatic heterocycles. The van der Waals surface area contributed by atoms with Gasteiger partial charge in [0.25, 0.3) is 5.56 Å². The molecule has 2 aromatic rings. The molecule has 0 bridgehead atoms. The minimum absolute atomic E-state index is 0.0720. The van der Waals surface area contributed by atoms with Gasteiger partial charge in [-0.25, -0.2) is 13.2 Å². The summed E-state index contributed by atoms with van der Waals surface area (Å²) in [7, 11) is 1.63. The number of hydrogen-bond donors (Lipinski definition) is 2. The van der Waals surface area contributed by atoms with E-state index in [9.17, 15) is 23.1 Å². The fourth-order valence-corrected chi connectivity index (χ4v) is 4.94. The Balaban J connectivity index is 2.33. The monoisotopic (exact) mass is 479 g/mol. The van der Waals surface area contributed by atoms with Gasteiger partial charge in [-0.15, -0.1) is 11.3 Å². The lowest BCUT2D eigenvalue weighted by Gasteiger charge is -2.19. The van der Waals surface area contributed by atoms with E-state index in [4.69, 9.17) is 5.26 Å². The summed E-state index contributed by atoms with van der Waals surface area (Å²) in [5.41, 5.74) is -0.378. The molecule has 0 aliphatic carbocycles. The number of benzene rings is 1. The Bertz CT molecular complexity index is 1300. The Labute approximate surface area is 190 Å². The minimum atomic E-state index is -3.62. The number of aliphatic carboxylic acids is 1. The van der Waals surface area contributed by atoms with Gasteiger partial charge in [0.15, 0.2) is 5.57 Å². The predicted molar refractivity (Wildman–Crippen MR) is 123 cm³/mol. The summed E-state index contributed by atoms with van der Waals surface area (Å²) >= 11 is 0.896. The van der Waals surface area contributed by atoms with E-state index in [1.165, 1.54) is 34.3 Å². The summed E-state index contributed by atoms with van der Waals surface area (Å²) in [6, 6.07) is 7.69. The Morgan fingerprint density at radius 1 is 1.25 bits per heavy atom. The number of carbonyl (C=O) groups is 1. The van der Waals surface area contributed by atoms with Crippen LogP contribution in [0, 0.1) is 11.3 Å². The second-order valence-electron chi connectivity index (χ2n) is 7.06. The third kappa shape index (κ3) is 5.63. The lowest BCUT2D eigenvalue weighted by Crippen LogP contribution is -2.33. The van der Waals surface area contributed by atoms with Crippen molar-refractivity contribution in [1.82, 2.24) is 13.8 Å². The molecule has 0 radical (unpaired) electrons. The lowest BCUT2D eigenvalue weighted by atomic mass is 10.3. The van der Waals surface area contributed by atoms with Crippen molar-refractivity contribution in [3.8, 4) is 6.07 Å². The quantitative estimate of drug-likeness (QED) is 0.501. The number of likely N-dealkylation sites (N-methyl/N-ethyl adjacent to an activating group) is 2. The molecule has 0 unspecified atom stereocenters. The molecule has 2 N–H and O–H groups in total. The van der Waals surface area contributed by atoms with Gasteiger partial charge < -0.3 is 15.3 Å². The van der Waals surface area contributed by atoms with Crippen LogP contribution in [-0.4, -0.2) is 67.5 Å². The molecule has 0 saturated carbocycles. The van der Waals surface area contributed by atoms with Gasteiger partial charge in [-0.05, 0) is 45.3 Å². The molecule has 0 atom stereocenters. The number of anilines is 1. The fourth-order valence-electron chi connectivity index (χ4n) is 2.69. The highest BCUT2D eigenvalue weighted by Gasteiger charge is 2.20. The predicted octanol–water partition coefficient (Wildman–Crippen LogP) is -0.279. The Kier molecular flexibility index (Phi) is 8.34. The molecule has 172 valence electrons. The van der Waals surface area contributed by atoms with Crippen molar-refractivity contribution in [3.63, 3.8) is 0 Å². The lowest BCUT2D eigenvalue weighted by molar-refractivity contribution is -0.130. The van der Waals surface area contributed by atoms with Crippen molar-refractivity contribution in [1.29, 1.82) is 5.26 Å². The SMILES string of the molecule is CCn1c(=O)/c(=C\Nc2ccc(S(=O)(=O)N(C)CCN(C)C)cc2)s/c1=C(/C#N)C(=O)O. The summed E-state index contributed by atoms with van der Waals surface area (Å²) in [6.07, 6.45) is 1.41. The molecule has 0 aliphatic rings. The molecule has 32 heavy (non-hydrogen) atoms. The van der Waals surface area contributed by atoms with Gasteiger partial charge in [-0.1, -0.05) is 0 Å². The van der Waals surface area contributed by atoms with E-state index >= 15 is 0 Å². The molecular formula is C20H25N5O5S2. The summed E-state index contributed by atoms with van der Waals surface area (Å²) in [5, 5.41) is 21.2. The third-order valence-electron chi connectivity index (χ3n) is 4.56. The molecule has 12 heteroatoms. The minimum Gasteiger partial charge on any atom is -0.477 e. The van der Waals surface area contributed by atoms with Gasteiger partial charge in [-0.3, -0.25) is 9.36 Å². The van der Waals surface area contributed by atoms with Gasteiger partial charge in [-0.2, -0.15) is 9.57 Å². The zero-order valence-electron chi connectivity index (χ0n) is 18.2. The first kappa shape index (κ1) is 25.3. The highest BCUT2D eigenvalue weighted by molar-refractivity contribution is 7.89. The highest BCUT2D eigenvalue weighted by atomic mass is 32.2. The number of carboxylic acid groups (broad SMARTS) is 1. The first-order valence-electron chi connectivity index (χ1n) is 9.58. The molecule has 1 aromatic heterocycles. The van der Waals surface area contributed by atoms with E-state index in [0.717, 1.165) is 11.3 Å². The van der Waals surface area contributed by atoms with Crippen LogP contribution in [-0.2, 0) is 21.4 Å². The first-order chi connectivity index (χ1) is 15.0. The molecule has 1 heterocycles. The van der Waals surface area contributed by atoms with Crippen LogP contribution in [0.5, 0.6) is 0 Å². The summed E-state index contributed by atoms with van der Waals surface area (Å²) in [6.45, 7) is 2.84. The van der Waals surface area contributed by atoms with Gasteiger partial charge >= 0.3 is 5.97 Å². The van der Waals surface area contributed by atoms with E-state index < -0.39 is 27.1 Å². The van der Waals surface area contributed by atoms with Crippen molar-refractivity contribution >= 4 is 44.8 Å². The number of nitrogens with zero attached hydrogens (tertiary/aromatic N) is 4. The maximum absolute atomic E-state index is 12.7. The number of thiazole rings is 1. The number of hydrogen-bond acceptors (Lipinski definition) is 8. The van der Waals surface area contributed by atoms with E-state index in [2.05, 4.69) is 5.32 Å². The molecule has 10 nitrogen and oxygen atoms in total. The molecular weight excluding hydrogens is 454 g/mol. The molecule has 0 saturated heterocycles. The summed E-state index contributed by atoms with van der Waals surface area (Å²) in [4.78, 5) is 25.9. The average Bonchev–Trinajstić information content (AvgIpc) is 3.05. The van der Waals surface area contributed by atoms with Crippen molar-refractivity contribution in [2.24, 2.45) is 0 Å². The Morgan fingerprint density at radius 2 is 1.88 bits per heavy atom. The van der Waals surface area contributed by atoms with Crippen LogP contribution in [0.3, 0.4) is 0 Å². The maximum Gasteiger partial charge on any atom is 0.349 e. The highest BCUT2D eigenvalue weighted by Crippen LogP contribution is 2.17. The van der Waals surface area contributed by atoms with E-state index in [0.29, 0.717) is 18.8 Å². The maximum atomic E-state index is 12.7. The van der Waals surface area contributed by atoms with Gasteiger partial charge in [0.05, 0.1) is 4.90 Å². The van der Waals surface area contributed by atoms with Crippen LogP contribution in [0.4, 0.5) is 5.69 Å². The average molecular weight is 480 g/mol. The number of carboxylic acids is 1. The summed E-state index contributed by atoms with van der Waals surface area (Å²) < 4.78 is 28.1. The van der Waals surface area contributed by atoms with Crippen LogP contribution in [0.1, 0.15) is 6.92 Å². The third-order valence-corrected chi connectivity index (χ3v) is 7.56. The molecule has 0 amide bonds. The topological polar surface area (TPSA) is 136 Å². The normalized spacial score (nSPS) is 13.3. The van der Waals surface area contributed by atoms with E-state index in [1.54, 1.807) is 25.1 Å². The number of rotatable bonds is 9. The second-order valence-corrected chi connectivity index (χ2v) is 10.1.